The topological polar surface area (TPSA) is 55.6 Å². The van der Waals surface area contributed by atoms with Gasteiger partial charge < -0.3 is 15.4 Å². The van der Waals surface area contributed by atoms with E-state index in [0.717, 1.165) is 24.5 Å². The highest BCUT2D eigenvalue weighted by Crippen LogP contribution is 2.23. The Morgan fingerprint density at radius 1 is 1.37 bits per heavy atom. The highest BCUT2D eigenvalue weighted by molar-refractivity contribution is 7.98. The van der Waals surface area contributed by atoms with Crippen LogP contribution in [0.15, 0.2) is 23.1 Å². The first-order valence-electron chi connectivity index (χ1n) is 6.45. The van der Waals surface area contributed by atoms with Gasteiger partial charge >= 0.3 is 5.97 Å². The molecule has 4 nitrogen and oxygen atoms in total. The van der Waals surface area contributed by atoms with Crippen LogP contribution in [0, 0.1) is 0 Å². The number of nitrogens with zero attached hydrogens (tertiary/aromatic N) is 1. The highest BCUT2D eigenvalue weighted by Gasteiger charge is 2.13. The van der Waals surface area contributed by atoms with Crippen LogP contribution in [0.3, 0.4) is 0 Å². The van der Waals surface area contributed by atoms with E-state index in [9.17, 15) is 4.79 Å². The number of anilines is 1. The molecule has 1 rings (SSSR count). The second kappa shape index (κ2) is 8.07. The lowest BCUT2D eigenvalue weighted by Crippen LogP contribution is -2.28. The fourth-order valence-corrected chi connectivity index (χ4v) is 2.39. The maximum absolute atomic E-state index is 12.0. The third-order valence-corrected chi connectivity index (χ3v) is 3.76. The Morgan fingerprint density at radius 2 is 2.05 bits per heavy atom. The van der Waals surface area contributed by atoms with Crippen LogP contribution in [-0.4, -0.2) is 43.4 Å². The van der Waals surface area contributed by atoms with Crippen LogP contribution in [0.2, 0.25) is 0 Å². The molecule has 106 valence electrons. The van der Waals surface area contributed by atoms with Crippen molar-refractivity contribution in [1.29, 1.82) is 0 Å². The molecule has 0 aliphatic rings. The number of hydrogen-bond donors (Lipinski definition) is 1. The first-order chi connectivity index (χ1) is 9.12. The lowest BCUT2D eigenvalue weighted by molar-refractivity contribution is 0.0462. The van der Waals surface area contributed by atoms with Gasteiger partial charge in [-0.05, 0) is 37.5 Å². The Labute approximate surface area is 119 Å². The fourth-order valence-electron chi connectivity index (χ4n) is 1.76. The van der Waals surface area contributed by atoms with Crippen molar-refractivity contribution in [3.63, 3.8) is 0 Å². The molecule has 0 bridgehead atoms. The maximum atomic E-state index is 12.0. The molecule has 0 aromatic heterocycles. The van der Waals surface area contributed by atoms with Gasteiger partial charge in [0.1, 0.15) is 6.61 Å². The number of benzene rings is 1. The summed E-state index contributed by atoms with van der Waals surface area (Å²) in [6.07, 6.45) is 1.92. The number of nitrogens with two attached hydrogens (primary N) is 1. The summed E-state index contributed by atoms with van der Waals surface area (Å²) in [6, 6.07) is 5.24. The molecule has 0 amide bonds. The van der Waals surface area contributed by atoms with Gasteiger partial charge in [-0.3, -0.25) is 0 Å². The lowest BCUT2D eigenvalue weighted by Gasteiger charge is -2.17. The van der Waals surface area contributed by atoms with Crippen LogP contribution in [0.4, 0.5) is 5.69 Å². The Bertz CT molecular complexity index is 420. The molecule has 2 N–H and O–H groups in total. The van der Waals surface area contributed by atoms with Crippen molar-refractivity contribution >= 4 is 23.4 Å². The normalized spacial score (nSPS) is 10.7. The van der Waals surface area contributed by atoms with Crippen LogP contribution in [0.1, 0.15) is 24.2 Å². The average molecular weight is 282 g/mol. The molecule has 0 spiro atoms. The molecular formula is C14H22N2O2S. The highest BCUT2D eigenvalue weighted by atomic mass is 32.2. The number of carbonyl (C=O) groups excluding carboxylic acids is 1. The maximum Gasteiger partial charge on any atom is 0.339 e. The minimum Gasteiger partial charge on any atom is -0.461 e. The zero-order valence-electron chi connectivity index (χ0n) is 11.8. The van der Waals surface area contributed by atoms with Crippen LogP contribution < -0.4 is 5.73 Å². The van der Waals surface area contributed by atoms with E-state index >= 15 is 0 Å². The molecule has 1 aromatic rings. The standard InChI is InChI=1S/C14H22N2O2S/c1-4-16(5-2)8-9-18-14(17)12-7-6-11(15)10-13(12)19-3/h6-7,10H,4-5,8-9,15H2,1-3H3. The summed E-state index contributed by atoms with van der Waals surface area (Å²) >= 11 is 1.50. The first-order valence-corrected chi connectivity index (χ1v) is 7.67. The first kappa shape index (κ1) is 15.9. The summed E-state index contributed by atoms with van der Waals surface area (Å²) < 4.78 is 5.31. The second-order valence-corrected chi connectivity index (χ2v) is 4.97. The number of thioether (sulfide) groups is 1. The van der Waals surface area contributed by atoms with Crippen LogP contribution in [0.5, 0.6) is 0 Å². The van der Waals surface area contributed by atoms with Crippen molar-refractivity contribution in [2.24, 2.45) is 0 Å². The molecule has 0 fully saturated rings. The third kappa shape index (κ3) is 4.76. The third-order valence-electron chi connectivity index (χ3n) is 2.98. The molecule has 0 unspecified atom stereocenters. The molecule has 19 heavy (non-hydrogen) atoms. The molecule has 0 saturated carbocycles. The Kier molecular flexibility index (Phi) is 6.73. The van der Waals surface area contributed by atoms with E-state index in [1.54, 1.807) is 18.2 Å². The molecule has 0 aliphatic carbocycles. The van der Waals surface area contributed by atoms with Gasteiger partial charge in [0.25, 0.3) is 0 Å². The molecule has 0 atom stereocenters. The number of esters is 1. The quantitative estimate of drug-likeness (QED) is 0.473. The smallest absolute Gasteiger partial charge is 0.339 e. The predicted octanol–water partition coefficient (Wildman–Crippen LogP) is 2.49. The Balaban J connectivity index is 2.58. The van der Waals surface area contributed by atoms with E-state index < -0.39 is 0 Å². The van der Waals surface area contributed by atoms with E-state index in [1.165, 1.54) is 11.8 Å². The van der Waals surface area contributed by atoms with Crippen molar-refractivity contribution in [1.82, 2.24) is 4.90 Å². The van der Waals surface area contributed by atoms with Crippen LogP contribution >= 0.6 is 11.8 Å². The lowest BCUT2D eigenvalue weighted by atomic mass is 10.2. The molecule has 0 heterocycles. The van der Waals surface area contributed by atoms with Gasteiger partial charge in [0.15, 0.2) is 0 Å². The largest absolute Gasteiger partial charge is 0.461 e. The number of hydrogen-bond acceptors (Lipinski definition) is 5. The van der Waals surface area contributed by atoms with Gasteiger partial charge in [0, 0.05) is 17.1 Å². The van der Waals surface area contributed by atoms with Gasteiger partial charge in [0.2, 0.25) is 0 Å². The SMILES string of the molecule is CCN(CC)CCOC(=O)c1ccc(N)cc1SC. The van der Waals surface area contributed by atoms with Crippen molar-refractivity contribution in [3.8, 4) is 0 Å². The minimum absolute atomic E-state index is 0.281. The van der Waals surface area contributed by atoms with E-state index in [0.29, 0.717) is 17.9 Å². The van der Waals surface area contributed by atoms with Crippen molar-refractivity contribution in [3.05, 3.63) is 23.8 Å². The summed E-state index contributed by atoms with van der Waals surface area (Å²) in [7, 11) is 0. The summed E-state index contributed by atoms with van der Waals surface area (Å²) in [5, 5.41) is 0. The molecule has 1 aromatic carbocycles. The van der Waals surface area contributed by atoms with Crippen LogP contribution in [-0.2, 0) is 4.74 Å². The van der Waals surface area contributed by atoms with Gasteiger partial charge in [-0.15, -0.1) is 11.8 Å². The van der Waals surface area contributed by atoms with E-state index in [4.69, 9.17) is 10.5 Å². The van der Waals surface area contributed by atoms with Gasteiger partial charge in [-0.2, -0.15) is 0 Å². The number of rotatable bonds is 7. The summed E-state index contributed by atoms with van der Waals surface area (Å²) in [5.41, 5.74) is 6.95. The Morgan fingerprint density at radius 3 is 2.63 bits per heavy atom. The van der Waals surface area contributed by atoms with Crippen molar-refractivity contribution < 1.29 is 9.53 Å². The predicted molar refractivity (Wildman–Crippen MR) is 80.7 cm³/mol. The van der Waals surface area contributed by atoms with E-state index in [2.05, 4.69) is 18.7 Å². The van der Waals surface area contributed by atoms with Crippen LogP contribution in [0.25, 0.3) is 0 Å². The van der Waals surface area contributed by atoms with Crippen molar-refractivity contribution in [2.75, 3.05) is 38.2 Å². The zero-order valence-corrected chi connectivity index (χ0v) is 12.6. The molecule has 0 radical (unpaired) electrons. The van der Waals surface area contributed by atoms with Gasteiger partial charge in [-0.25, -0.2) is 4.79 Å². The second-order valence-electron chi connectivity index (χ2n) is 4.12. The molecule has 0 saturated heterocycles. The van der Waals surface area contributed by atoms with E-state index in [-0.39, 0.29) is 5.97 Å². The molecule has 0 aliphatic heterocycles. The van der Waals surface area contributed by atoms with Gasteiger partial charge in [0.05, 0.1) is 5.56 Å². The average Bonchev–Trinajstić information content (AvgIpc) is 2.43. The summed E-state index contributed by atoms with van der Waals surface area (Å²) in [5.74, 6) is -0.281. The van der Waals surface area contributed by atoms with Gasteiger partial charge in [-0.1, -0.05) is 13.8 Å². The minimum atomic E-state index is -0.281. The molecular weight excluding hydrogens is 260 g/mol. The number of likely N-dealkylation sites (N-methyl/N-ethyl adjacent to an activating group) is 1. The van der Waals surface area contributed by atoms with Crippen molar-refractivity contribution in [2.45, 2.75) is 18.7 Å². The summed E-state index contributed by atoms with van der Waals surface area (Å²) in [6.45, 7) is 7.30. The fraction of sp³-hybridized carbons (Fsp3) is 0.500. The number of carbonyl (C=O) groups is 1. The molecule has 5 heteroatoms. The monoisotopic (exact) mass is 282 g/mol. The Hall–Kier alpha value is -1.20. The number of ether oxygens (including phenoxy) is 1. The van der Waals surface area contributed by atoms with E-state index in [1.807, 2.05) is 6.26 Å². The zero-order chi connectivity index (χ0) is 14.3. The number of nitrogen functional groups attached to an aromatic ring is 1. The summed E-state index contributed by atoms with van der Waals surface area (Å²) in [4.78, 5) is 15.1.